The first-order valence-corrected chi connectivity index (χ1v) is 6.14. The van der Waals surface area contributed by atoms with Crippen molar-refractivity contribution in [3.8, 4) is 23.0 Å². The molecule has 4 rings (SSSR count). The van der Waals surface area contributed by atoms with Crippen molar-refractivity contribution in [1.82, 2.24) is 0 Å². The lowest BCUT2D eigenvalue weighted by Crippen LogP contribution is -1.63. The molecule has 0 spiro atoms. The second-order valence-corrected chi connectivity index (χ2v) is 4.67. The van der Waals surface area contributed by atoms with Crippen LogP contribution in [0.3, 0.4) is 0 Å². The van der Waals surface area contributed by atoms with Crippen LogP contribution in [0.2, 0.25) is 0 Å². The predicted octanol–water partition coefficient (Wildman–Crippen LogP) is 4.26. The summed E-state index contributed by atoms with van der Waals surface area (Å²) in [4.78, 5) is 0. The van der Waals surface area contributed by atoms with Crippen molar-refractivity contribution >= 4 is 21.9 Å². The van der Waals surface area contributed by atoms with Crippen LogP contribution in [0.1, 0.15) is 0 Å². The van der Waals surface area contributed by atoms with Crippen LogP contribution < -0.4 is 0 Å². The van der Waals surface area contributed by atoms with Gasteiger partial charge in [0.05, 0.1) is 0 Å². The van der Waals surface area contributed by atoms with E-state index in [1.54, 1.807) is 36.4 Å². The Bertz CT molecular complexity index is 852. The van der Waals surface area contributed by atoms with Crippen molar-refractivity contribution < 1.29 is 19.0 Å². The summed E-state index contributed by atoms with van der Waals surface area (Å²) in [6.45, 7) is 0. The van der Waals surface area contributed by atoms with Gasteiger partial charge in [-0.3, -0.25) is 0 Å². The van der Waals surface area contributed by atoms with Crippen LogP contribution in [0.5, 0.6) is 11.5 Å². The molecule has 98 valence electrons. The van der Waals surface area contributed by atoms with E-state index in [2.05, 4.69) is 0 Å². The molecule has 0 bridgehead atoms. The molecule has 0 amide bonds. The largest absolute Gasteiger partial charge is 0.508 e. The lowest BCUT2D eigenvalue weighted by atomic mass is 10.2. The van der Waals surface area contributed by atoms with Crippen molar-refractivity contribution in [2.24, 2.45) is 0 Å². The first-order chi connectivity index (χ1) is 9.69. The highest BCUT2D eigenvalue weighted by molar-refractivity contribution is 5.87. The number of benzene rings is 2. The van der Waals surface area contributed by atoms with E-state index in [0.29, 0.717) is 22.7 Å². The quantitative estimate of drug-likeness (QED) is 0.540. The number of furan rings is 2. The summed E-state index contributed by atoms with van der Waals surface area (Å²) >= 11 is 0. The van der Waals surface area contributed by atoms with Crippen LogP contribution in [0.4, 0.5) is 0 Å². The minimum Gasteiger partial charge on any atom is -0.508 e. The Labute approximate surface area is 113 Å². The second-order valence-electron chi connectivity index (χ2n) is 4.67. The topological polar surface area (TPSA) is 66.7 Å². The van der Waals surface area contributed by atoms with Crippen molar-refractivity contribution in [2.45, 2.75) is 0 Å². The molecule has 4 heteroatoms. The highest BCUT2D eigenvalue weighted by Gasteiger charge is 2.12. The number of phenols is 2. The van der Waals surface area contributed by atoms with E-state index in [-0.39, 0.29) is 11.5 Å². The molecular formula is C16H10O4. The van der Waals surface area contributed by atoms with Crippen LogP contribution >= 0.6 is 0 Å². The Kier molecular flexibility index (Phi) is 2.09. The molecule has 0 aliphatic heterocycles. The molecule has 0 radical (unpaired) electrons. The lowest BCUT2D eigenvalue weighted by Gasteiger charge is -1.90. The Morgan fingerprint density at radius 1 is 0.600 bits per heavy atom. The van der Waals surface area contributed by atoms with Gasteiger partial charge in [0.1, 0.15) is 22.7 Å². The zero-order valence-electron chi connectivity index (χ0n) is 10.3. The van der Waals surface area contributed by atoms with Gasteiger partial charge in [-0.2, -0.15) is 0 Å². The van der Waals surface area contributed by atoms with Crippen LogP contribution in [0, 0.1) is 0 Å². The van der Waals surface area contributed by atoms with Gasteiger partial charge >= 0.3 is 0 Å². The number of rotatable bonds is 1. The molecule has 0 atom stereocenters. The van der Waals surface area contributed by atoms with Gasteiger partial charge < -0.3 is 19.0 Å². The molecular weight excluding hydrogens is 256 g/mol. The maximum Gasteiger partial charge on any atom is 0.170 e. The Morgan fingerprint density at radius 3 is 1.50 bits per heavy atom. The van der Waals surface area contributed by atoms with Crippen LogP contribution in [-0.2, 0) is 0 Å². The third-order valence-electron chi connectivity index (χ3n) is 3.25. The third-order valence-corrected chi connectivity index (χ3v) is 3.25. The van der Waals surface area contributed by atoms with Crippen LogP contribution in [-0.4, -0.2) is 10.2 Å². The minimum atomic E-state index is 0.160. The SMILES string of the molecule is Oc1ccc2cc(-c3cc4ccc(O)cc4o3)oc2c1. The molecule has 2 aromatic carbocycles. The van der Waals surface area contributed by atoms with Crippen molar-refractivity contribution in [3.63, 3.8) is 0 Å². The van der Waals surface area contributed by atoms with Gasteiger partial charge in [-0.1, -0.05) is 0 Å². The number of hydrogen-bond donors (Lipinski definition) is 2. The van der Waals surface area contributed by atoms with Crippen molar-refractivity contribution in [2.75, 3.05) is 0 Å². The maximum atomic E-state index is 9.44. The number of hydrogen-bond acceptors (Lipinski definition) is 4. The van der Waals surface area contributed by atoms with E-state index in [0.717, 1.165) is 10.8 Å². The van der Waals surface area contributed by atoms with Crippen molar-refractivity contribution in [3.05, 3.63) is 48.5 Å². The molecule has 4 nitrogen and oxygen atoms in total. The Balaban J connectivity index is 1.91. The fraction of sp³-hybridized carbons (Fsp3) is 0. The zero-order valence-corrected chi connectivity index (χ0v) is 10.3. The number of phenolic OH excluding ortho intramolecular Hbond substituents is 2. The first kappa shape index (κ1) is 11.0. The average Bonchev–Trinajstić information content (AvgIpc) is 3.00. The van der Waals surface area contributed by atoms with Gasteiger partial charge in [0, 0.05) is 22.9 Å². The van der Waals surface area contributed by atoms with Gasteiger partial charge in [0.25, 0.3) is 0 Å². The summed E-state index contributed by atoms with van der Waals surface area (Å²) in [5.41, 5.74) is 1.20. The minimum absolute atomic E-state index is 0.160. The van der Waals surface area contributed by atoms with Gasteiger partial charge in [-0.05, 0) is 36.4 Å². The van der Waals surface area contributed by atoms with E-state index in [1.165, 1.54) is 0 Å². The fourth-order valence-corrected chi connectivity index (χ4v) is 2.28. The summed E-state index contributed by atoms with van der Waals surface area (Å²) in [5.74, 6) is 1.49. The molecule has 2 heterocycles. The first-order valence-electron chi connectivity index (χ1n) is 6.14. The third kappa shape index (κ3) is 1.62. The molecule has 0 unspecified atom stereocenters. The smallest absolute Gasteiger partial charge is 0.170 e. The molecule has 2 N–H and O–H groups in total. The van der Waals surface area contributed by atoms with E-state index >= 15 is 0 Å². The molecule has 4 aromatic rings. The molecule has 20 heavy (non-hydrogen) atoms. The molecule has 0 saturated carbocycles. The molecule has 0 fully saturated rings. The number of aromatic hydroxyl groups is 2. The zero-order chi connectivity index (χ0) is 13.7. The molecule has 0 aliphatic carbocycles. The normalized spacial score (nSPS) is 11.4. The monoisotopic (exact) mass is 266 g/mol. The van der Waals surface area contributed by atoms with Gasteiger partial charge in [-0.15, -0.1) is 0 Å². The molecule has 0 aliphatic rings. The number of fused-ring (bicyclic) bond motifs is 2. The standard InChI is InChI=1S/C16H10O4/c17-11-3-1-9-5-15(19-13(9)7-11)16-6-10-2-4-12(18)8-14(10)20-16/h1-8,17-18H. The highest BCUT2D eigenvalue weighted by atomic mass is 16.4. The van der Waals surface area contributed by atoms with Crippen LogP contribution in [0.25, 0.3) is 33.5 Å². The van der Waals surface area contributed by atoms with Crippen LogP contribution in [0.15, 0.2) is 57.4 Å². The van der Waals surface area contributed by atoms with E-state index in [9.17, 15) is 10.2 Å². The van der Waals surface area contributed by atoms with Gasteiger partial charge in [-0.25, -0.2) is 0 Å². The van der Waals surface area contributed by atoms with Gasteiger partial charge in [0.2, 0.25) is 0 Å². The van der Waals surface area contributed by atoms with Crippen molar-refractivity contribution in [1.29, 1.82) is 0 Å². The summed E-state index contributed by atoms with van der Waals surface area (Å²) in [6.07, 6.45) is 0. The average molecular weight is 266 g/mol. The molecule has 0 saturated heterocycles. The van der Waals surface area contributed by atoms with E-state index in [4.69, 9.17) is 8.83 Å². The van der Waals surface area contributed by atoms with E-state index in [1.807, 2.05) is 12.1 Å². The summed E-state index contributed by atoms with van der Waals surface area (Å²) in [5, 5.41) is 20.7. The summed E-state index contributed by atoms with van der Waals surface area (Å²) < 4.78 is 11.4. The highest BCUT2D eigenvalue weighted by Crippen LogP contribution is 2.34. The lowest BCUT2D eigenvalue weighted by molar-refractivity contribution is 0.473. The van der Waals surface area contributed by atoms with E-state index < -0.39 is 0 Å². The molecule has 2 aromatic heterocycles. The Hall–Kier alpha value is -2.88. The summed E-state index contributed by atoms with van der Waals surface area (Å²) in [6, 6.07) is 13.6. The van der Waals surface area contributed by atoms with Gasteiger partial charge in [0.15, 0.2) is 11.5 Å². The summed E-state index contributed by atoms with van der Waals surface area (Å²) in [7, 11) is 0. The Morgan fingerprint density at radius 2 is 1.05 bits per heavy atom. The predicted molar refractivity (Wildman–Crippen MR) is 74.8 cm³/mol. The fourth-order valence-electron chi connectivity index (χ4n) is 2.28. The maximum absolute atomic E-state index is 9.44. The second kappa shape index (κ2) is 3.81.